The number of hydrogen-bond donors (Lipinski definition) is 0. The van der Waals surface area contributed by atoms with Gasteiger partial charge in [-0.15, -0.1) is 0 Å². The third-order valence-electron chi connectivity index (χ3n) is 5.14. The molecule has 0 aliphatic carbocycles. The van der Waals surface area contributed by atoms with Crippen LogP contribution in [-0.2, 0) is 9.36 Å². The van der Waals surface area contributed by atoms with Gasteiger partial charge < -0.3 is 9.30 Å². The van der Waals surface area contributed by atoms with Crippen molar-refractivity contribution in [1.29, 1.82) is 0 Å². The van der Waals surface area contributed by atoms with Crippen LogP contribution in [0.25, 0.3) is 0 Å². The summed E-state index contributed by atoms with van der Waals surface area (Å²) in [6.07, 6.45) is 0.107. The SMILES string of the molecule is Cc1ccc(P(=O)(c2ccc(C)cc2)C2CC(=O)Oc3ccccc32)cc1. The highest BCUT2D eigenvalue weighted by atomic mass is 31.2. The third-order valence-corrected chi connectivity index (χ3v) is 8.61. The van der Waals surface area contributed by atoms with Crippen LogP contribution < -0.4 is 15.3 Å². The number of hydrogen-bond acceptors (Lipinski definition) is 3. The summed E-state index contributed by atoms with van der Waals surface area (Å²) in [5.74, 6) is 0.177. The summed E-state index contributed by atoms with van der Waals surface area (Å²) >= 11 is 0. The second-order valence-electron chi connectivity index (χ2n) is 7.06. The fraction of sp³-hybridized carbons (Fsp3) is 0.174. The Bertz CT molecular complexity index is 986. The van der Waals surface area contributed by atoms with E-state index >= 15 is 0 Å². The Labute approximate surface area is 159 Å². The van der Waals surface area contributed by atoms with Crippen molar-refractivity contribution in [3.8, 4) is 5.75 Å². The molecule has 0 spiro atoms. The van der Waals surface area contributed by atoms with Crippen LogP contribution in [0.4, 0.5) is 0 Å². The summed E-state index contributed by atoms with van der Waals surface area (Å²) in [7, 11) is -3.11. The van der Waals surface area contributed by atoms with Crippen molar-refractivity contribution in [3.63, 3.8) is 0 Å². The lowest BCUT2D eigenvalue weighted by Crippen LogP contribution is -2.27. The van der Waals surface area contributed by atoms with Crippen molar-refractivity contribution in [2.24, 2.45) is 0 Å². The minimum atomic E-state index is -3.11. The van der Waals surface area contributed by atoms with E-state index in [0.29, 0.717) is 5.75 Å². The van der Waals surface area contributed by atoms with E-state index in [1.165, 1.54) is 0 Å². The summed E-state index contributed by atoms with van der Waals surface area (Å²) in [5, 5.41) is 1.54. The van der Waals surface area contributed by atoms with Crippen molar-refractivity contribution >= 4 is 23.7 Å². The molecule has 1 heterocycles. The van der Waals surface area contributed by atoms with Crippen molar-refractivity contribution in [2.75, 3.05) is 0 Å². The number of aryl methyl sites for hydroxylation is 2. The number of benzene rings is 3. The molecular weight excluding hydrogens is 355 g/mol. The van der Waals surface area contributed by atoms with E-state index in [-0.39, 0.29) is 12.4 Å². The van der Waals surface area contributed by atoms with Crippen LogP contribution >= 0.6 is 7.14 Å². The van der Waals surface area contributed by atoms with Crippen LogP contribution in [-0.4, -0.2) is 5.97 Å². The second kappa shape index (κ2) is 6.83. The fourth-order valence-electron chi connectivity index (χ4n) is 3.65. The van der Waals surface area contributed by atoms with Gasteiger partial charge in [-0.2, -0.15) is 0 Å². The molecule has 1 unspecified atom stereocenters. The second-order valence-corrected chi connectivity index (χ2v) is 10.0. The molecule has 0 aromatic heterocycles. The van der Waals surface area contributed by atoms with Crippen LogP contribution in [0.2, 0.25) is 0 Å². The molecule has 4 heteroatoms. The molecule has 3 nitrogen and oxygen atoms in total. The zero-order valence-electron chi connectivity index (χ0n) is 15.4. The highest BCUT2D eigenvalue weighted by Crippen LogP contribution is 2.61. The van der Waals surface area contributed by atoms with Crippen LogP contribution in [0, 0.1) is 13.8 Å². The van der Waals surface area contributed by atoms with Crippen LogP contribution in [0.5, 0.6) is 5.75 Å². The standard InChI is InChI=1S/C23H21O3P/c1-16-7-11-18(12-8-16)27(25,19-13-9-17(2)10-14-19)22-15-23(24)26-21-6-4-3-5-20(21)22/h3-14,22H,15H2,1-2H3. The molecule has 0 saturated heterocycles. The molecule has 0 saturated carbocycles. The Morgan fingerprint density at radius 2 is 1.33 bits per heavy atom. The van der Waals surface area contributed by atoms with E-state index < -0.39 is 12.8 Å². The van der Waals surface area contributed by atoms with Gasteiger partial charge in [0.1, 0.15) is 5.75 Å². The number of rotatable bonds is 3. The van der Waals surface area contributed by atoms with Gasteiger partial charge in [-0.3, -0.25) is 4.79 Å². The van der Waals surface area contributed by atoms with Gasteiger partial charge in [0.25, 0.3) is 0 Å². The first-order valence-electron chi connectivity index (χ1n) is 9.02. The molecule has 1 aliphatic rings. The van der Waals surface area contributed by atoms with Crippen LogP contribution in [0.3, 0.4) is 0 Å². The lowest BCUT2D eigenvalue weighted by Gasteiger charge is -2.32. The van der Waals surface area contributed by atoms with Gasteiger partial charge in [0.05, 0.1) is 12.1 Å². The van der Waals surface area contributed by atoms with E-state index in [9.17, 15) is 9.36 Å². The monoisotopic (exact) mass is 376 g/mol. The van der Waals surface area contributed by atoms with Crippen LogP contribution in [0.1, 0.15) is 28.8 Å². The minimum Gasteiger partial charge on any atom is -0.426 e. The summed E-state index contributed by atoms with van der Waals surface area (Å²) in [5.41, 5.74) is 2.62. The normalized spacial score (nSPS) is 16.5. The quantitative estimate of drug-likeness (QED) is 0.379. The summed E-state index contributed by atoms with van der Waals surface area (Å²) in [6.45, 7) is 4.02. The Morgan fingerprint density at radius 3 is 1.89 bits per heavy atom. The van der Waals surface area contributed by atoms with Gasteiger partial charge in [0, 0.05) is 16.2 Å². The predicted molar refractivity (Wildman–Crippen MR) is 109 cm³/mol. The Morgan fingerprint density at radius 1 is 0.815 bits per heavy atom. The van der Waals surface area contributed by atoms with E-state index in [1.54, 1.807) is 6.07 Å². The summed E-state index contributed by atoms with van der Waals surface area (Å²) in [6, 6.07) is 23.0. The number of ether oxygens (including phenoxy) is 1. The van der Waals surface area contributed by atoms with Gasteiger partial charge >= 0.3 is 5.97 Å². The molecule has 0 radical (unpaired) electrons. The molecule has 4 rings (SSSR count). The van der Waals surface area contributed by atoms with Crippen molar-refractivity contribution in [1.82, 2.24) is 0 Å². The molecule has 0 N–H and O–H groups in total. The summed E-state index contributed by atoms with van der Waals surface area (Å²) < 4.78 is 20.1. The molecule has 1 atom stereocenters. The molecular formula is C23H21O3P. The van der Waals surface area contributed by atoms with E-state index in [2.05, 4.69) is 0 Å². The number of fused-ring (bicyclic) bond motifs is 1. The van der Waals surface area contributed by atoms with Crippen molar-refractivity contribution in [2.45, 2.75) is 25.9 Å². The van der Waals surface area contributed by atoms with E-state index in [1.807, 2.05) is 80.6 Å². The fourth-order valence-corrected chi connectivity index (χ4v) is 6.86. The van der Waals surface area contributed by atoms with Crippen molar-refractivity contribution in [3.05, 3.63) is 89.5 Å². The molecule has 136 valence electrons. The van der Waals surface area contributed by atoms with Gasteiger partial charge in [0.15, 0.2) is 7.14 Å². The number of carbonyl (C=O) groups excluding carboxylic acids is 1. The molecule has 0 amide bonds. The maximum atomic E-state index is 14.7. The average Bonchev–Trinajstić information content (AvgIpc) is 2.68. The molecule has 0 bridgehead atoms. The van der Waals surface area contributed by atoms with Gasteiger partial charge in [-0.05, 0) is 19.9 Å². The Balaban J connectivity index is 1.96. The minimum absolute atomic E-state index is 0.107. The highest BCUT2D eigenvalue weighted by Gasteiger charge is 2.43. The van der Waals surface area contributed by atoms with Gasteiger partial charge in [0.2, 0.25) is 0 Å². The first kappa shape index (κ1) is 17.8. The van der Waals surface area contributed by atoms with Gasteiger partial charge in [-0.25, -0.2) is 0 Å². The largest absolute Gasteiger partial charge is 0.426 e. The van der Waals surface area contributed by atoms with Crippen LogP contribution in [0.15, 0.2) is 72.8 Å². The van der Waals surface area contributed by atoms with Gasteiger partial charge in [-0.1, -0.05) is 77.9 Å². The molecule has 0 fully saturated rings. The molecule has 3 aromatic carbocycles. The lowest BCUT2D eigenvalue weighted by atomic mass is 10.1. The predicted octanol–water partition coefficient (Wildman–Crippen LogP) is 4.67. The number of para-hydroxylation sites is 1. The molecule has 1 aliphatic heterocycles. The first-order valence-corrected chi connectivity index (χ1v) is 10.8. The maximum absolute atomic E-state index is 14.7. The summed E-state index contributed by atoms with van der Waals surface area (Å²) in [4.78, 5) is 12.3. The number of esters is 1. The topological polar surface area (TPSA) is 43.4 Å². The highest BCUT2D eigenvalue weighted by molar-refractivity contribution is 7.79. The van der Waals surface area contributed by atoms with Crippen molar-refractivity contribution < 1.29 is 14.1 Å². The lowest BCUT2D eigenvalue weighted by molar-refractivity contribution is -0.135. The first-order chi connectivity index (χ1) is 13.0. The molecule has 3 aromatic rings. The zero-order valence-corrected chi connectivity index (χ0v) is 16.3. The average molecular weight is 376 g/mol. The van der Waals surface area contributed by atoms with E-state index in [0.717, 1.165) is 27.3 Å². The third kappa shape index (κ3) is 3.13. The Hall–Kier alpha value is -2.64. The Kier molecular flexibility index (Phi) is 4.49. The number of carbonyl (C=O) groups is 1. The zero-order chi connectivity index (χ0) is 19.0. The molecule has 27 heavy (non-hydrogen) atoms. The van der Waals surface area contributed by atoms with E-state index in [4.69, 9.17) is 4.74 Å². The maximum Gasteiger partial charge on any atom is 0.312 e. The smallest absolute Gasteiger partial charge is 0.312 e.